The van der Waals surface area contributed by atoms with Crippen LogP contribution in [0.15, 0.2) is 28.8 Å². The Morgan fingerprint density at radius 1 is 1.50 bits per heavy atom. The summed E-state index contributed by atoms with van der Waals surface area (Å²) in [7, 11) is 0. The number of H-pyrrole nitrogens is 1. The number of pyridine rings is 1. The molecule has 0 amide bonds. The number of carboxylic acid groups (broad SMARTS) is 1. The zero-order chi connectivity index (χ0) is 11.5. The summed E-state index contributed by atoms with van der Waals surface area (Å²) in [6.07, 6.45) is 2.73. The molecule has 0 aliphatic carbocycles. The fourth-order valence-corrected chi connectivity index (χ4v) is 1.78. The third kappa shape index (κ3) is 2.11. The van der Waals surface area contributed by atoms with E-state index < -0.39 is 5.97 Å². The highest BCUT2D eigenvalue weighted by atomic mass is 32.2. The summed E-state index contributed by atoms with van der Waals surface area (Å²) in [5.74, 6) is -1.08. The summed E-state index contributed by atoms with van der Waals surface area (Å²) in [5, 5.41) is 16.0. The predicted octanol–water partition coefficient (Wildman–Crippen LogP) is 0.631. The normalized spacial score (nSPS) is 10.2. The van der Waals surface area contributed by atoms with Crippen LogP contribution >= 0.6 is 11.8 Å². The van der Waals surface area contributed by atoms with Gasteiger partial charge in [0, 0.05) is 0 Å². The number of hydrogen-bond donors (Lipinski definition) is 3. The Bertz CT molecular complexity index is 513. The maximum Gasteiger partial charge on any atom is 0.338 e. The number of carboxylic acids is 1. The van der Waals surface area contributed by atoms with Gasteiger partial charge in [0.1, 0.15) is 11.4 Å². The number of aromatic carboxylic acids is 1. The fraction of sp³-hybridized carbons (Fsp3) is 0. The topological polar surface area (TPSA) is 118 Å². The minimum Gasteiger partial charge on any atom is -0.478 e. The van der Waals surface area contributed by atoms with Crippen molar-refractivity contribution in [1.82, 2.24) is 20.2 Å². The van der Waals surface area contributed by atoms with Crippen molar-refractivity contribution in [2.45, 2.75) is 10.2 Å². The Morgan fingerprint density at radius 2 is 2.31 bits per heavy atom. The second kappa shape index (κ2) is 4.19. The molecule has 2 heterocycles. The molecular formula is C8H7N5O2S. The summed E-state index contributed by atoms with van der Waals surface area (Å²) >= 11 is 1.08. The van der Waals surface area contributed by atoms with Gasteiger partial charge in [-0.05, 0) is 17.8 Å². The van der Waals surface area contributed by atoms with Crippen molar-refractivity contribution in [3.05, 3.63) is 24.2 Å². The van der Waals surface area contributed by atoms with Gasteiger partial charge >= 0.3 is 5.97 Å². The van der Waals surface area contributed by atoms with Gasteiger partial charge in [0.15, 0.2) is 5.16 Å². The lowest BCUT2D eigenvalue weighted by Crippen LogP contribution is -2.02. The Balaban J connectivity index is 2.36. The maximum absolute atomic E-state index is 10.9. The molecule has 0 aliphatic rings. The molecule has 8 heteroatoms. The molecule has 2 aromatic heterocycles. The zero-order valence-corrected chi connectivity index (χ0v) is 8.73. The molecule has 0 saturated carbocycles. The van der Waals surface area contributed by atoms with Gasteiger partial charge in [-0.2, -0.15) is 5.10 Å². The van der Waals surface area contributed by atoms with Gasteiger partial charge in [0.05, 0.1) is 17.4 Å². The summed E-state index contributed by atoms with van der Waals surface area (Å²) < 4.78 is 0. The van der Waals surface area contributed by atoms with Gasteiger partial charge < -0.3 is 10.8 Å². The molecule has 0 spiro atoms. The highest BCUT2D eigenvalue weighted by molar-refractivity contribution is 7.99. The van der Waals surface area contributed by atoms with Crippen LogP contribution in [0, 0.1) is 0 Å². The van der Waals surface area contributed by atoms with Crippen molar-refractivity contribution in [1.29, 1.82) is 0 Å². The summed E-state index contributed by atoms with van der Waals surface area (Å²) in [6.45, 7) is 0. The average molecular weight is 237 g/mol. The number of carbonyl (C=O) groups is 1. The van der Waals surface area contributed by atoms with Gasteiger partial charge in [-0.3, -0.25) is 5.10 Å². The van der Waals surface area contributed by atoms with Crippen molar-refractivity contribution in [3.8, 4) is 0 Å². The van der Waals surface area contributed by atoms with Crippen LogP contribution in [0.1, 0.15) is 10.4 Å². The monoisotopic (exact) mass is 237 g/mol. The smallest absolute Gasteiger partial charge is 0.338 e. The molecule has 0 unspecified atom stereocenters. The van der Waals surface area contributed by atoms with Crippen LogP contribution in [0.2, 0.25) is 0 Å². The van der Waals surface area contributed by atoms with E-state index in [2.05, 4.69) is 20.2 Å². The van der Waals surface area contributed by atoms with Crippen LogP contribution in [0.4, 0.5) is 5.69 Å². The lowest BCUT2D eigenvalue weighted by Gasteiger charge is -2.03. The number of nitrogens with zero attached hydrogens (tertiary/aromatic N) is 3. The molecule has 2 rings (SSSR count). The molecular weight excluding hydrogens is 230 g/mol. The van der Waals surface area contributed by atoms with Crippen LogP contribution in [0.3, 0.4) is 0 Å². The Hall–Kier alpha value is -2.09. The average Bonchev–Trinajstić information content (AvgIpc) is 2.73. The third-order valence-electron chi connectivity index (χ3n) is 1.69. The maximum atomic E-state index is 10.9. The van der Waals surface area contributed by atoms with Crippen LogP contribution in [-0.2, 0) is 0 Å². The standard InChI is InChI=1S/C8H7N5O2S/c9-4-1-5(7(14)15)6(10-2-4)16-8-11-3-12-13-8/h1-3H,9H2,(H,14,15)(H,11,12,13). The summed E-state index contributed by atoms with van der Waals surface area (Å²) in [5.41, 5.74) is 5.82. The van der Waals surface area contributed by atoms with E-state index in [-0.39, 0.29) is 5.56 Å². The Morgan fingerprint density at radius 3 is 2.94 bits per heavy atom. The molecule has 7 nitrogen and oxygen atoms in total. The number of aromatic nitrogens is 4. The van der Waals surface area contributed by atoms with Crippen molar-refractivity contribution in [3.63, 3.8) is 0 Å². The van der Waals surface area contributed by atoms with E-state index in [0.29, 0.717) is 15.9 Å². The van der Waals surface area contributed by atoms with E-state index >= 15 is 0 Å². The van der Waals surface area contributed by atoms with Crippen molar-refractivity contribution in [2.75, 3.05) is 5.73 Å². The number of hydrogen-bond acceptors (Lipinski definition) is 6. The number of anilines is 1. The zero-order valence-electron chi connectivity index (χ0n) is 7.91. The van der Waals surface area contributed by atoms with Gasteiger partial charge in [-0.15, -0.1) is 0 Å². The molecule has 2 aromatic rings. The quantitative estimate of drug-likeness (QED) is 0.716. The van der Waals surface area contributed by atoms with E-state index in [0.717, 1.165) is 11.8 Å². The number of aromatic amines is 1. The number of nitrogens with one attached hydrogen (secondary N) is 1. The van der Waals surface area contributed by atoms with Crippen LogP contribution in [-0.4, -0.2) is 31.2 Å². The second-order valence-corrected chi connectivity index (χ2v) is 3.80. The van der Waals surface area contributed by atoms with Gasteiger partial charge in [-0.25, -0.2) is 14.8 Å². The number of nitrogens with two attached hydrogens (primary N) is 1. The second-order valence-electron chi connectivity index (χ2n) is 2.82. The first-order valence-corrected chi connectivity index (χ1v) is 5.00. The van der Waals surface area contributed by atoms with Crippen molar-refractivity contribution in [2.24, 2.45) is 0 Å². The van der Waals surface area contributed by atoms with Crippen LogP contribution < -0.4 is 5.73 Å². The van der Waals surface area contributed by atoms with E-state index in [4.69, 9.17) is 10.8 Å². The van der Waals surface area contributed by atoms with E-state index in [1.165, 1.54) is 18.6 Å². The molecule has 4 N–H and O–H groups in total. The minimum absolute atomic E-state index is 0.0430. The van der Waals surface area contributed by atoms with Crippen LogP contribution in [0.25, 0.3) is 0 Å². The predicted molar refractivity (Wildman–Crippen MR) is 56.1 cm³/mol. The van der Waals surface area contributed by atoms with Crippen molar-refractivity contribution < 1.29 is 9.90 Å². The molecule has 0 aromatic carbocycles. The molecule has 0 radical (unpaired) electrons. The first-order chi connectivity index (χ1) is 7.66. The molecule has 0 atom stereocenters. The summed E-state index contributed by atoms with van der Waals surface area (Å²) in [6, 6.07) is 1.36. The van der Waals surface area contributed by atoms with Gasteiger partial charge in [0.2, 0.25) is 0 Å². The largest absolute Gasteiger partial charge is 0.478 e. The Kier molecular flexibility index (Phi) is 2.73. The van der Waals surface area contributed by atoms with Gasteiger partial charge in [0.25, 0.3) is 0 Å². The van der Waals surface area contributed by atoms with Crippen LogP contribution in [0.5, 0.6) is 0 Å². The molecule has 82 valence electrons. The first kappa shape index (κ1) is 10.4. The van der Waals surface area contributed by atoms with E-state index in [9.17, 15) is 4.79 Å². The molecule has 16 heavy (non-hydrogen) atoms. The molecule has 0 aliphatic heterocycles. The SMILES string of the molecule is Nc1cnc(Sc2ncn[nH]2)c(C(=O)O)c1. The molecule has 0 fully saturated rings. The lowest BCUT2D eigenvalue weighted by molar-refractivity contribution is 0.0692. The third-order valence-corrected chi connectivity index (χ3v) is 2.60. The minimum atomic E-state index is -1.08. The highest BCUT2D eigenvalue weighted by Gasteiger charge is 2.14. The first-order valence-electron chi connectivity index (χ1n) is 4.19. The highest BCUT2D eigenvalue weighted by Crippen LogP contribution is 2.26. The number of rotatable bonds is 3. The van der Waals surface area contributed by atoms with Crippen molar-refractivity contribution >= 4 is 23.4 Å². The Labute approximate surface area is 94.1 Å². The molecule has 0 bridgehead atoms. The van der Waals surface area contributed by atoms with Gasteiger partial charge in [-0.1, -0.05) is 0 Å². The molecule has 0 saturated heterocycles. The fourth-order valence-electron chi connectivity index (χ4n) is 1.04. The van der Waals surface area contributed by atoms with E-state index in [1.54, 1.807) is 0 Å². The lowest BCUT2D eigenvalue weighted by atomic mass is 10.3. The summed E-state index contributed by atoms with van der Waals surface area (Å²) in [4.78, 5) is 18.8. The van der Waals surface area contributed by atoms with E-state index in [1.807, 2.05) is 0 Å². The number of nitrogen functional groups attached to an aromatic ring is 1.